The lowest BCUT2D eigenvalue weighted by Crippen LogP contribution is -2.50. The van der Waals surface area contributed by atoms with Crippen LogP contribution in [0, 0.1) is 11.7 Å². The van der Waals surface area contributed by atoms with Crippen molar-refractivity contribution in [1.82, 2.24) is 19.2 Å². The second-order valence-electron chi connectivity index (χ2n) is 8.56. The third-order valence-corrected chi connectivity index (χ3v) is 7.96. The van der Waals surface area contributed by atoms with Gasteiger partial charge in [-0.25, -0.2) is 17.8 Å². The Morgan fingerprint density at radius 1 is 1.31 bits per heavy atom. The highest BCUT2D eigenvalue weighted by Crippen LogP contribution is 2.47. The fourth-order valence-electron chi connectivity index (χ4n) is 4.69. The summed E-state index contributed by atoms with van der Waals surface area (Å²) in [6, 6.07) is 5.52. The molecule has 2 bridgehead atoms. The fourth-order valence-corrected chi connectivity index (χ4v) is 5.59. The van der Waals surface area contributed by atoms with Gasteiger partial charge in [0.25, 0.3) is 11.5 Å². The maximum atomic E-state index is 13.1. The SMILES string of the molecule is CN(C12CCC(CC1)Cn1c2nc(C(=O)NCc2ccc(F)cc2)c(O)c1=O)S(C)(=O)=O. The lowest BCUT2D eigenvalue weighted by atomic mass is 9.77. The molecule has 1 fully saturated rings. The van der Waals surface area contributed by atoms with Crippen LogP contribution in [0.1, 0.15) is 47.6 Å². The van der Waals surface area contributed by atoms with E-state index in [0.29, 0.717) is 37.8 Å². The first kappa shape index (κ1) is 22.4. The van der Waals surface area contributed by atoms with Gasteiger partial charge in [-0.2, -0.15) is 4.31 Å². The van der Waals surface area contributed by atoms with Gasteiger partial charge in [0.1, 0.15) is 11.6 Å². The zero-order valence-electron chi connectivity index (χ0n) is 17.8. The molecule has 9 nitrogen and oxygen atoms in total. The Morgan fingerprint density at radius 2 is 1.94 bits per heavy atom. The van der Waals surface area contributed by atoms with Crippen LogP contribution in [-0.2, 0) is 28.7 Å². The lowest BCUT2D eigenvalue weighted by Gasteiger charge is -2.42. The highest BCUT2D eigenvalue weighted by atomic mass is 32.2. The largest absolute Gasteiger partial charge is 0.501 e. The van der Waals surface area contributed by atoms with E-state index >= 15 is 0 Å². The van der Waals surface area contributed by atoms with E-state index < -0.39 is 44.3 Å². The van der Waals surface area contributed by atoms with Crippen LogP contribution >= 0.6 is 0 Å². The first-order chi connectivity index (χ1) is 15.0. The molecule has 3 heterocycles. The zero-order chi connectivity index (χ0) is 23.3. The molecule has 0 saturated heterocycles. The van der Waals surface area contributed by atoms with Crippen molar-refractivity contribution < 1.29 is 22.7 Å². The first-order valence-electron chi connectivity index (χ1n) is 10.3. The summed E-state index contributed by atoms with van der Waals surface area (Å²) in [4.78, 5) is 30.2. The Bertz CT molecular complexity index is 1220. The van der Waals surface area contributed by atoms with E-state index in [4.69, 9.17) is 0 Å². The topological polar surface area (TPSA) is 122 Å². The van der Waals surface area contributed by atoms with Crippen LogP contribution in [0.25, 0.3) is 0 Å². The van der Waals surface area contributed by atoms with Gasteiger partial charge in [0, 0.05) is 20.1 Å². The Hall–Kier alpha value is -2.79. The molecule has 0 spiro atoms. The van der Waals surface area contributed by atoms with Gasteiger partial charge >= 0.3 is 0 Å². The summed E-state index contributed by atoms with van der Waals surface area (Å²) >= 11 is 0. The summed E-state index contributed by atoms with van der Waals surface area (Å²) in [5.41, 5.74) is -1.66. The monoisotopic (exact) mass is 464 g/mol. The van der Waals surface area contributed by atoms with E-state index in [1.54, 1.807) is 0 Å². The number of aromatic hydroxyl groups is 1. The highest BCUT2D eigenvalue weighted by Gasteiger charge is 2.50. The van der Waals surface area contributed by atoms with Crippen LogP contribution < -0.4 is 10.9 Å². The van der Waals surface area contributed by atoms with Crippen molar-refractivity contribution in [2.45, 2.75) is 44.3 Å². The summed E-state index contributed by atoms with van der Waals surface area (Å²) in [5.74, 6) is -1.62. The predicted octanol–water partition coefficient (Wildman–Crippen LogP) is 1.31. The van der Waals surface area contributed by atoms with Crippen molar-refractivity contribution in [3.63, 3.8) is 0 Å². The number of halogens is 1. The standard InChI is InChI=1S/C21H25FN4O5S/c1-25(32(2,30)31)21-9-7-14(8-10-21)12-26-19(29)17(27)16(24-20(21)26)18(28)23-11-13-3-5-15(22)6-4-13/h3-6,14,27H,7-12H2,1-2H3,(H,23,28). The van der Waals surface area contributed by atoms with Gasteiger partial charge in [-0.1, -0.05) is 12.1 Å². The summed E-state index contributed by atoms with van der Waals surface area (Å²) in [7, 11) is -2.17. The van der Waals surface area contributed by atoms with Gasteiger partial charge in [0.15, 0.2) is 5.69 Å². The molecule has 0 radical (unpaired) electrons. The normalized spacial score (nSPS) is 22.4. The number of carbonyl (C=O) groups is 1. The predicted molar refractivity (Wildman–Crippen MR) is 114 cm³/mol. The Balaban J connectivity index is 1.76. The van der Waals surface area contributed by atoms with E-state index in [2.05, 4.69) is 10.3 Å². The fraction of sp³-hybridized carbons (Fsp3) is 0.476. The van der Waals surface area contributed by atoms with Gasteiger partial charge in [-0.3, -0.25) is 14.2 Å². The minimum Gasteiger partial charge on any atom is -0.501 e. The molecule has 5 rings (SSSR count). The van der Waals surface area contributed by atoms with Crippen molar-refractivity contribution in [1.29, 1.82) is 0 Å². The van der Waals surface area contributed by atoms with Crippen LogP contribution in [0.15, 0.2) is 29.1 Å². The number of hydrogen-bond donors (Lipinski definition) is 2. The number of carbonyl (C=O) groups excluding carboxylic acids is 1. The van der Waals surface area contributed by atoms with Gasteiger partial charge in [-0.05, 0) is 49.3 Å². The molecule has 1 amide bonds. The minimum absolute atomic E-state index is 0.0368. The first-order valence-corrected chi connectivity index (χ1v) is 12.2. The average Bonchev–Trinajstić information content (AvgIpc) is 3.01. The van der Waals surface area contributed by atoms with Crippen molar-refractivity contribution in [3.8, 4) is 5.75 Å². The smallest absolute Gasteiger partial charge is 0.296 e. The third kappa shape index (κ3) is 3.79. The number of rotatable bonds is 5. The van der Waals surface area contributed by atoms with E-state index in [9.17, 15) is 27.5 Å². The molecule has 2 aromatic rings. The Morgan fingerprint density at radius 3 is 2.53 bits per heavy atom. The Labute approximate surface area is 184 Å². The molecular weight excluding hydrogens is 439 g/mol. The second kappa shape index (κ2) is 7.96. The number of benzene rings is 1. The van der Waals surface area contributed by atoms with Crippen LogP contribution in [0.4, 0.5) is 4.39 Å². The Kier molecular flexibility index (Phi) is 5.58. The van der Waals surface area contributed by atoms with Gasteiger partial charge < -0.3 is 10.4 Å². The molecule has 1 aliphatic carbocycles. The molecule has 3 aliphatic rings. The molecule has 32 heavy (non-hydrogen) atoms. The summed E-state index contributed by atoms with van der Waals surface area (Å²) in [5, 5.41) is 13.1. The van der Waals surface area contributed by atoms with E-state index in [-0.39, 0.29) is 18.3 Å². The summed E-state index contributed by atoms with van der Waals surface area (Å²) < 4.78 is 40.5. The van der Waals surface area contributed by atoms with Crippen LogP contribution in [0.2, 0.25) is 0 Å². The maximum Gasteiger partial charge on any atom is 0.296 e. The van der Waals surface area contributed by atoms with Crippen LogP contribution in [-0.4, -0.2) is 46.6 Å². The molecule has 2 aliphatic heterocycles. The van der Waals surface area contributed by atoms with Crippen molar-refractivity contribution in [2.24, 2.45) is 5.92 Å². The van der Waals surface area contributed by atoms with E-state index in [0.717, 1.165) is 6.26 Å². The molecular formula is C21H25FN4O5S. The number of aromatic nitrogens is 2. The van der Waals surface area contributed by atoms with Gasteiger partial charge in [-0.15, -0.1) is 0 Å². The van der Waals surface area contributed by atoms with Crippen molar-refractivity contribution in [3.05, 3.63) is 57.5 Å². The molecule has 0 atom stereocenters. The van der Waals surface area contributed by atoms with E-state index in [1.165, 1.54) is 40.2 Å². The lowest BCUT2D eigenvalue weighted by molar-refractivity contribution is 0.0938. The summed E-state index contributed by atoms with van der Waals surface area (Å²) in [6.45, 7) is 0.348. The molecule has 11 heteroatoms. The number of nitrogens with zero attached hydrogens (tertiary/aromatic N) is 3. The highest BCUT2D eigenvalue weighted by molar-refractivity contribution is 7.88. The number of sulfonamides is 1. The molecule has 2 N–H and O–H groups in total. The van der Waals surface area contributed by atoms with Crippen LogP contribution in [0.3, 0.4) is 0 Å². The number of hydrogen-bond acceptors (Lipinski definition) is 6. The summed E-state index contributed by atoms with van der Waals surface area (Å²) in [6.07, 6.45) is 3.44. The van der Waals surface area contributed by atoms with Crippen molar-refractivity contribution >= 4 is 15.9 Å². The minimum atomic E-state index is -3.63. The van der Waals surface area contributed by atoms with Gasteiger partial charge in [0.2, 0.25) is 15.8 Å². The van der Waals surface area contributed by atoms with Gasteiger partial charge in [0.05, 0.1) is 11.8 Å². The molecule has 172 valence electrons. The molecule has 1 saturated carbocycles. The molecule has 0 unspecified atom stereocenters. The van der Waals surface area contributed by atoms with Crippen molar-refractivity contribution in [2.75, 3.05) is 13.3 Å². The average molecular weight is 465 g/mol. The van der Waals surface area contributed by atoms with Crippen LogP contribution in [0.5, 0.6) is 5.75 Å². The number of nitrogens with one attached hydrogen (secondary N) is 1. The zero-order valence-corrected chi connectivity index (χ0v) is 18.7. The molecule has 1 aromatic heterocycles. The quantitative estimate of drug-likeness (QED) is 0.688. The second-order valence-corrected chi connectivity index (χ2v) is 10.6. The van der Waals surface area contributed by atoms with E-state index in [1.807, 2.05) is 0 Å². The number of fused-ring (bicyclic) bond motifs is 2. The third-order valence-electron chi connectivity index (χ3n) is 6.62. The maximum absolute atomic E-state index is 13.1. The number of amides is 1. The molecule has 1 aromatic carbocycles.